The van der Waals surface area contributed by atoms with Crippen molar-refractivity contribution in [3.63, 3.8) is 0 Å². The van der Waals surface area contributed by atoms with Crippen LogP contribution in [0.4, 0.5) is 13.2 Å². The van der Waals surface area contributed by atoms with Crippen molar-refractivity contribution in [1.82, 2.24) is 14.5 Å². The van der Waals surface area contributed by atoms with Crippen molar-refractivity contribution < 1.29 is 26.4 Å². The standard InChI is InChI=1S/C24H30F3N3O3S/c1-17-7-8-22(13-18(17)2)34(32,33)29(3)16-23(31)28-21-9-11-30(12-10-21)15-19-5-4-6-20(14-19)24(25,26)27/h4-8,13-14,21H,9-12,15-16H2,1-3H3,(H,28,31). The summed E-state index contributed by atoms with van der Waals surface area (Å²) < 4.78 is 65.4. The first-order chi connectivity index (χ1) is 15.9. The second-order valence-corrected chi connectivity index (χ2v) is 10.9. The molecule has 3 rings (SSSR count). The van der Waals surface area contributed by atoms with Gasteiger partial charge < -0.3 is 5.32 Å². The van der Waals surface area contributed by atoms with E-state index in [1.54, 1.807) is 18.2 Å². The number of amides is 1. The van der Waals surface area contributed by atoms with Crippen LogP contribution in [0.15, 0.2) is 47.4 Å². The number of carbonyl (C=O) groups excluding carboxylic acids is 1. The predicted molar refractivity (Wildman–Crippen MR) is 124 cm³/mol. The minimum absolute atomic E-state index is 0.108. The predicted octanol–water partition coefficient (Wildman–Crippen LogP) is 3.72. The molecule has 1 saturated heterocycles. The molecule has 1 heterocycles. The van der Waals surface area contributed by atoms with Crippen LogP contribution in [0.3, 0.4) is 0 Å². The lowest BCUT2D eigenvalue weighted by Crippen LogP contribution is -2.47. The van der Waals surface area contributed by atoms with E-state index in [0.29, 0.717) is 38.0 Å². The van der Waals surface area contributed by atoms with Gasteiger partial charge in [-0.15, -0.1) is 0 Å². The van der Waals surface area contributed by atoms with Crippen molar-refractivity contribution in [3.05, 3.63) is 64.7 Å². The van der Waals surface area contributed by atoms with Gasteiger partial charge in [-0.3, -0.25) is 9.69 Å². The molecule has 186 valence electrons. The smallest absolute Gasteiger partial charge is 0.352 e. The van der Waals surface area contributed by atoms with Gasteiger partial charge in [0.25, 0.3) is 0 Å². The summed E-state index contributed by atoms with van der Waals surface area (Å²) in [4.78, 5) is 14.7. The molecular formula is C24H30F3N3O3S. The summed E-state index contributed by atoms with van der Waals surface area (Å²) >= 11 is 0. The van der Waals surface area contributed by atoms with E-state index in [0.717, 1.165) is 21.5 Å². The fourth-order valence-electron chi connectivity index (χ4n) is 3.95. The summed E-state index contributed by atoms with van der Waals surface area (Å²) in [5.74, 6) is -0.383. The summed E-state index contributed by atoms with van der Waals surface area (Å²) in [7, 11) is -2.41. The van der Waals surface area contributed by atoms with Gasteiger partial charge in [0.05, 0.1) is 17.0 Å². The van der Waals surface area contributed by atoms with E-state index in [2.05, 4.69) is 10.2 Å². The van der Waals surface area contributed by atoms with E-state index in [1.807, 2.05) is 13.8 Å². The number of likely N-dealkylation sites (tertiary alicyclic amines) is 1. The van der Waals surface area contributed by atoms with Gasteiger partial charge in [0, 0.05) is 32.7 Å². The fraction of sp³-hybridized carbons (Fsp3) is 0.458. The summed E-state index contributed by atoms with van der Waals surface area (Å²) in [6, 6.07) is 10.1. The fourth-order valence-corrected chi connectivity index (χ4v) is 5.17. The molecule has 1 amide bonds. The highest BCUT2D eigenvalue weighted by molar-refractivity contribution is 7.89. The van der Waals surface area contributed by atoms with Crippen LogP contribution < -0.4 is 5.32 Å². The molecule has 0 spiro atoms. The second-order valence-electron chi connectivity index (χ2n) is 8.82. The van der Waals surface area contributed by atoms with Crippen molar-refractivity contribution in [2.45, 2.75) is 50.3 Å². The number of carbonyl (C=O) groups is 1. The molecule has 1 aliphatic heterocycles. The monoisotopic (exact) mass is 497 g/mol. The Kier molecular flexibility index (Phi) is 8.05. The average Bonchev–Trinajstić information content (AvgIpc) is 2.76. The van der Waals surface area contributed by atoms with E-state index < -0.39 is 21.8 Å². The second kappa shape index (κ2) is 10.5. The summed E-state index contributed by atoms with van der Waals surface area (Å²) in [6.07, 6.45) is -3.09. The Bertz CT molecular complexity index is 1130. The Morgan fingerprint density at radius 3 is 2.38 bits per heavy atom. The average molecular weight is 498 g/mol. The highest BCUT2D eigenvalue weighted by atomic mass is 32.2. The molecule has 6 nitrogen and oxygen atoms in total. The SMILES string of the molecule is Cc1ccc(S(=O)(=O)N(C)CC(=O)NC2CCN(Cc3cccc(C(F)(F)F)c3)CC2)cc1C. The maximum atomic E-state index is 12.9. The zero-order valence-electron chi connectivity index (χ0n) is 19.5. The van der Waals surface area contributed by atoms with E-state index >= 15 is 0 Å². The molecule has 2 aromatic rings. The molecule has 34 heavy (non-hydrogen) atoms. The lowest BCUT2D eigenvalue weighted by atomic mass is 10.0. The Hall–Kier alpha value is -2.43. The number of nitrogens with one attached hydrogen (secondary N) is 1. The number of hydrogen-bond donors (Lipinski definition) is 1. The molecule has 0 saturated carbocycles. The Morgan fingerprint density at radius 1 is 1.09 bits per heavy atom. The molecule has 0 bridgehead atoms. The van der Waals surface area contributed by atoms with Crippen LogP contribution in [0.5, 0.6) is 0 Å². The molecule has 1 fully saturated rings. The zero-order valence-corrected chi connectivity index (χ0v) is 20.3. The number of alkyl halides is 3. The number of sulfonamides is 1. The summed E-state index contributed by atoms with van der Waals surface area (Å²) in [6.45, 7) is 5.09. The van der Waals surface area contributed by atoms with E-state index in [9.17, 15) is 26.4 Å². The minimum atomic E-state index is -4.37. The minimum Gasteiger partial charge on any atom is -0.352 e. The van der Waals surface area contributed by atoms with Crippen LogP contribution in [-0.2, 0) is 27.5 Å². The lowest BCUT2D eigenvalue weighted by molar-refractivity contribution is -0.137. The third kappa shape index (κ3) is 6.58. The third-order valence-corrected chi connectivity index (χ3v) is 7.97. The van der Waals surface area contributed by atoms with Crippen molar-refractivity contribution in [1.29, 1.82) is 0 Å². The van der Waals surface area contributed by atoms with E-state index in [1.165, 1.54) is 25.2 Å². The number of benzene rings is 2. The molecular weight excluding hydrogens is 467 g/mol. The molecule has 0 radical (unpaired) electrons. The highest BCUT2D eigenvalue weighted by Gasteiger charge is 2.31. The Labute approximate surface area is 198 Å². The largest absolute Gasteiger partial charge is 0.416 e. The van der Waals surface area contributed by atoms with Crippen LogP contribution in [-0.4, -0.2) is 56.3 Å². The lowest BCUT2D eigenvalue weighted by Gasteiger charge is -2.32. The highest BCUT2D eigenvalue weighted by Crippen LogP contribution is 2.30. The number of piperidine rings is 1. The number of nitrogens with zero attached hydrogens (tertiary/aromatic N) is 2. The third-order valence-electron chi connectivity index (χ3n) is 6.17. The first kappa shape index (κ1) is 26.2. The summed E-state index contributed by atoms with van der Waals surface area (Å²) in [5, 5.41) is 2.89. The molecule has 2 aromatic carbocycles. The topological polar surface area (TPSA) is 69.7 Å². The maximum absolute atomic E-state index is 12.9. The van der Waals surface area contributed by atoms with E-state index in [4.69, 9.17) is 0 Å². The first-order valence-electron chi connectivity index (χ1n) is 11.1. The maximum Gasteiger partial charge on any atom is 0.416 e. The summed E-state index contributed by atoms with van der Waals surface area (Å²) in [5.41, 5.74) is 1.78. The van der Waals surface area contributed by atoms with Gasteiger partial charge in [-0.1, -0.05) is 24.3 Å². The molecule has 0 unspecified atom stereocenters. The van der Waals surface area contributed by atoms with Crippen LogP contribution in [0.1, 0.15) is 35.1 Å². The molecule has 0 aromatic heterocycles. The molecule has 1 N–H and O–H groups in total. The number of likely N-dealkylation sites (N-methyl/N-ethyl adjacent to an activating group) is 1. The van der Waals surface area contributed by atoms with Crippen LogP contribution >= 0.6 is 0 Å². The number of halogens is 3. The van der Waals surface area contributed by atoms with Gasteiger partial charge in [-0.25, -0.2) is 8.42 Å². The van der Waals surface area contributed by atoms with Crippen molar-refractivity contribution in [2.24, 2.45) is 0 Å². The molecule has 0 atom stereocenters. The molecule has 1 aliphatic rings. The molecule has 10 heteroatoms. The normalized spacial score (nSPS) is 16.1. The first-order valence-corrected chi connectivity index (χ1v) is 12.5. The van der Waals surface area contributed by atoms with Gasteiger partial charge in [-0.2, -0.15) is 17.5 Å². The van der Waals surface area contributed by atoms with Crippen molar-refractivity contribution in [3.8, 4) is 0 Å². The number of aryl methyl sites for hydroxylation is 2. The zero-order chi connectivity index (χ0) is 25.1. The van der Waals surface area contributed by atoms with Gasteiger partial charge in [0.15, 0.2) is 0 Å². The van der Waals surface area contributed by atoms with E-state index in [-0.39, 0.29) is 23.4 Å². The van der Waals surface area contributed by atoms with Crippen molar-refractivity contribution >= 4 is 15.9 Å². The van der Waals surface area contributed by atoms with Gasteiger partial charge >= 0.3 is 6.18 Å². The molecule has 0 aliphatic carbocycles. The van der Waals surface area contributed by atoms with Crippen LogP contribution in [0, 0.1) is 13.8 Å². The Morgan fingerprint density at radius 2 is 1.76 bits per heavy atom. The van der Waals surface area contributed by atoms with Gasteiger partial charge in [0.1, 0.15) is 0 Å². The number of rotatable bonds is 7. The van der Waals surface area contributed by atoms with Gasteiger partial charge in [-0.05, 0) is 61.6 Å². The van der Waals surface area contributed by atoms with Gasteiger partial charge in [0.2, 0.25) is 15.9 Å². The number of hydrogen-bond acceptors (Lipinski definition) is 4. The van der Waals surface area contributed by atoms with Crippen LogP contribution in [0.25, 0.3) is 0 Å². The quantitative estimate of drug-likeness (QED) is 0.633. The Balaban J connectivity index is 1.49. The van der Waals surface area contributed by atoms with Crippen LogP contribution in [0.2, 0.25) is 0 Å². The van der Waals surface area contributed by atoms with Crippen molar-refractivity contribution in [2.75, 3.05) is 26.7 Å².